The Bertz CT molecular complexity index is 1180. The van der Waals surface area contributed by atoms with Crippen LogP contribution in [0.1, 0.15) is 11.1 Å². The topological polar surface area (TPSA) is 118 Å². The molecular weight excluding hydrogens is 418 g/mol. The molecule has 0 aromatic heterocycles. The molecule has 8 nitrogen and oxygen atoms in total. The van der Waals surface area contributed by atoms with Gasteiger partial charge in [-0.25, -0.2) is 8.42 Å². The average Bonchev–Trinajstić information content (AvgIpc) is 2.75. The maximum absolute atomic E-state index is 13.1. The summed E-state index contributed by atoms with van der Waals surface area (Å²) in [7, 11) is -3.97. The van der Waals surface area contributed by atoms with E-state index in [9.17, 15) is 23.3 Å². The largest absolute Gasteiger partial charge is 0.324 e. The minimum Gasteiger partial charge on any atom is -0.324 e. The third kappa shape index (κ3) is 5.53. The van der Waals surface area contributed by atoms with Gasteiger partial charge in [0.05, 0.1) is 21.1 Å². The second-order valence-corrected chi connectivity index (χ2v) is 8.59. The molecule has 31 heavy (non-hydrogen) atoms. The predicted octanol–water partition coefficient (Wildman–Crippen LogP) is 3.43. The van der Waals surface area contributed by atoms with Crippen LogP contribution in [0.4, 0.5) is 11.4 Å². The van der Waals surface area contributed by atoms with Crippen molar-refractivity contribution in [3.63, 3.8) is 0 Å². The number of carbonyl (C=O) groups is 1. The summed E-state index contributed by atoms with van der Waals surface area (Å²) in [5, 5.41) is 13.8. The van der Waals surface area contributed by atoms with E-state index in [-0.39, 0.29) is 28.3 Å². The third-order valence-electron chi connectivity index (χ3n) is 4.71. The van der Waals surface area contributed by atoms with E-state index in [4.69, 9.17) is 0 Å². The molecule has 0 heterocycles. The SMILES string of the molecule is Cc1c(NC(=O)[C@H](Cc2ccccc2)NS(=O)(=O)c2ccccc2)cccc1[N+](=O)[O-]. The van der Waals surface area contributed by atoms with Gasteiger partial charge in [0.1, 0.15) is 6.04 Å². The highest BCUT2D eigenvalue weighted by molar-refractivity contribution is 7.89. The number of carbonyl (C=O) groups excluding carboxylic acids is 1. The Labute approximate surface area is 180 Å². The van der Waals surface area contributed by atoms with Crippen molar-refractivity contribution >= 4 is 27.3 Å². The maximum atomic E-state index is 13.1. The molecule has 0 fully saturated rings. The van der Waals surface area contributed by atoms with Crippen LogP contribution in [0, 0.1) is 17.0 Å². The molecule has 0 unspecified atom stereocenters. The van der Waals surface area contributed by atoms with Gasteiger partial charge in [0.15, 0.2) is 0 Å². The van der Waals surface area contributed by atoms with Gasteiger partial charge in [0.2, 0.25) is 15.9 Å². The molecule has 1 amide bonds. The molecule has 0 saturated carbocycles. The summed E-state index contributed by atoms with van der Waals surface area (Å²) in [5.41, 5.74) is 1.15. The first-order chi connectivity index (χ1) is 14.8. The normalized spacial score (nSPS) is 12.2. The van der Waals surface area contributed by atoms with Gasteiger partial charge < -0.3 is 5.32 Å². The molecule has 160 valence electrons. The average molecular weight is 439 g/mol. The zero-order chi connectivity index (χ0) is 22.4. The summed E-state index contributed by atoms with van der Waals surface area (Å²) in [5.74, 6) is -0.619. The number of hydrogen-bond acceptors (Lipinski definition) is 5. The molecule has 1 atom stereocenters. The van der Waals surface area contributed by atoms with E-state index in [0.717, 1.165) is 5.56 Å². The number of nitro benzene ring substituents is 1. The summed E-state index contributed by atoms with van der Waals surface area (Å²) < 4.78 is 28.1. The van der Waals surface area contributed by atoms with Crippen molar-refractivity contribution in [1.29, 1.82) is 0 Å². The first-order valence-electron chi connectivity index (χ1n) is 9.44. The number of nitrogens with zero attached hydrogens (tertiary/aromatic N) is 1. The number of rotatable bonds is 8. The van der Waals surface area contributed by atoms with Crippen molar-refractivity contribution in [2.45, 2.75) is 24.3 Å². The lowest BCUT2D eigenvalue weighted by Gasteiger charge is -2.19. The molecule has 0 bridgehead atoms. The smallest absolute Gasteiger partial charge is 0.274 e. The van der Waals surface area contributed by atoms with Gasteiger partial charge in [-0.15, -0.1) is 0 Å². The molecular formula is C22H21N3O5S. The fourth-order valence-corrected chi connectivity index (χ4v) is 4.29. The van der Waals surface area contributed by atoms with Crippen molar-refractivity contribution in [3.8, 4) is 0 Å². The molecule has 3 aromatic carbocycles. The van der Waals surface area contributed by atoms with Crippen LogP contribution in [0.5, 0.6) is 0 Å². The number of nitro groups is 1. The summed E-state index contributed by atoms with van der Waals surface area (Å²) in [4.78, 5) is 23.7. The fourth-order valence-electron chi connectivity index (χ4n) is 3.07. The lowest BCUT2D eigenvalue weighted by atomic mass is 10.1. The van der Waals surface area contributed by atoms with E-state index in [1.165, 1.54) is 37.3 Å². The van der Waals surface area contributed by atoms with Crippen molar-refractivity contribution in [2.24, 2.45) is 0 Å². The molecule has 0 saturated heterocycles. The molecule has 9 heteroatoms. The second-order valence-electron chi connectivity index (χ2n) is 6.87. The minimum absolute atomic E-state index is 0.0346. The predicted molar refractivity (Wildman–Crippen MR) is 117 cm³/mol. The number of amides is 1. The maximum Gasteiger partial charge on any atom is 0.274 e. The Morgan fingerprint density at radius 1 is 0.968 bits per heavy atom. The third-order valence-corrected chi connectivity index (χ3v) is 6.20. The highest BCUT2D eigenvalue weighted by Crippen LogP contribution is 2.25. The molecule has 0 aliphatic rings. The van der Waals surface area contributed by atoms with E-state index in [1.807, 2.05) is 6.07 Å². The van der Waals surface area contributed by atoms with E-state index < -0.39 is 26.9 Å². The molecule has 3 rings (SSSR count). The van der Waals surface area contributed by atoms with Crippen molar-refractivity contribution in [3.05, 3.63) is 100 Å². The zero-order valence-corrected chi connectivity index (χ0v) is 17.5. The second kappa shape index (κ2) is 9.50. The van der Waals surface area contributed by atoms with Crippen molar-refractivity contribution in [2.75, 3.05) is 5.32 Å². The lowest BCUT2D eigenvalue weighted by Crippen LogP contribution is -2.45. The van der Waals surface area contributed by atoms with E-state index in [0.29, 0.717) is 0 Å². The zero-order valence-electron chi connectivity index (χ0n) is 16.7. The lowest BCUT2D eigenvalue weighted by molar-refractivity contribution is -0.385. The molecule has 0 aliphatic carbocycles. The monoisotopic (exact) mass is 439 g/mol. The number of benzene rings is 3. The standard InChI is InChI=1S/C22H21N3O5S/c1-16-19(13-8-14-21(16)25(27)28)23-22(26)20(15-17-9-4-2-5-10-17)24-31(29,30)18-11-6-3-7-12-18/h2-14,20,24H,15H2,1H3,(H,23,26)/t20-/m0/s1. The van der Waals surface area contributed by atoms with Crippen LogP contribution < -0.4 is 10.0 Å². The molecule has 2 N–H and O–H groups in total. The van der Waals surface area contributed by atoms with Crippen LogP contribution >= 0.6 is 0 Å². The van der Waals surface area contributed by atoms with Gasteiger partial charge in [-0.2, -0.15) is 4.72 Å². The summed E-state index contributed by atoms with van der Waals surface area (Å²) in [6.45, 7) is 1.52. The first kappa shape index (κ1) is 22.1. The van der Waals surface area contributed by atoms with Crippen LogP contribution in [-0.2, 0) is 21.2 Å². The van der Waals surface area contributed by atoms with Gasteiger partial charge in [-0.05, 0) is 37.1 Å². The van der Waals surface area contributed by atoms with E-state index in [2.05, 4.69) is 10.0 Å². The van der Waals surface area contributed by atoms with Gasteiger partial charge >= 0.3 is 0 Å². The van der Waals surface area contributed by atoms with Gasteiger partial charge in [-0.1, -0.05) is 54.6 Å². The number of sulfonamides is 1. The number of nitrogens with one attached hydrogen (secondary N) is 2. The molecule has 0 radical (unpaired) electrons. The van der Waals surface area contributed by atoms with Gasteiger partial charge in [0.25, 0.3) is 5.69 Å². The van der Waals surface area contributed by atoms with Gasteiger partial charge in [-0.3, -0.25) is 14.9 Å². The first-order valence-corrected chi connectivity index (χ1v) is 10.9. The van der Waals surface area contributed by atoms with Crippen LogP contribution in [-0.4, -0.2) is 25.3 Å². The van der Waals surface area contributed by atoms with Crippen molar-refractivity contribution in [1.82, 2.24) is 4.72 Å². The van der Waals surface area contributed by atoms with Crippen LogP contribution in [0.2, 0.25) is 0 Å². The quantitative estimate of drug-likeness (QED) is 0.412. The number of anilines is 1. The number of hydrogen-bond donors (Lipinski definition) is 2. The highest BCUT2D eigenvalue weighted by Gasteiger charge is 2.27. The van der Waals surface area contributed by atoms with E-state index >= 15 is 0 Å². The van der Waals surface area contributed by atoms with Crippen LogP contribution in [0.25, 0.3) is 0 Å². The summed E-state index contributed by atoms with van der Waals surface area (Å²) >= 11 is 0. The van der Waals surface area contributed by atoms with E-state index in [1.54, 1.807) is 42.5 Å². The Morgan fingerprint density at radius 3 is 2.19 bits per heavy atom. The Kier molecular flexibility index (Phi) is 6.78. The molecule has 0 spiro atoms. The van der Waals surface area contributed by atoms with Crippen LogP contribution in [0.15, 0.2) is 83.8 Å². The fraction of sp³-hybridized carbons (Fsp3) is 0.136. The van der Waals surface area contributed by atoms with Crippen molar-refractivity contribution < 1.29 is 18.1 Å². The van der Waals surface area contributed by atoms with Crippen LogP contribution in [0.3, 0.4) is 0 Å². The Morgan fingerprint density at radius 2 is 1.58 bits per heavy atom. The molecule has 3 aromatic rings. The Hall–Kier alpha value is -3.56. The summed E-state index contributed by atoms with van der Waals surface area (Å²) in [6, 6.07) is 19.9. The Balaban J connectivity index is 1.90. The summed E-state index contributed by atoms with van der Waals surface area (Å²) in [6.07, 6.45) is 0.104. The molecule has 0 aliphatic heterocycles. The van der Waals surface area contributed by atoms with Gasteiger partial charge in [0, 0.05) is 6.07 Å². The highest BCUT2D eigenvalue weighted by atomic mass is 32.2. The minimum atomic E-state index is -3.97.